The molecular formula is C19H17Cl2N3O2. The van der Waals surface area contributed by atoms with Crippen LogP contribution >= 0.6 is 23.2 Å². The van der Waals surface area contributed by atoms with Gasteiger partial charge in [0, 0.05) is 25.2 Å². The van der Waals surface area contributed by atoms with Crippen molar-refractivity contribution in [3.8, 4) is 6.07 Å². The second-order valence-electron chi connectivity index (χ2n) is 5.95. The second-order valence-corrected chi connectivity index (χ2v) is 6.73. The van der Waals surface area contributed by atoms with E-state index in [2.05, 4.69) is 10.2 Å². The predicted octanol–water partition coefficient (Wildman–Crippen LogP) is 5.12. The molecule has 0 spiro atoms. The molecule has 0 aliphatic carbocycles. The molecule has 1 aliphatic heterocycles. The number of piperidine rings is 1. The number of hydrogen-bond donors (Lipinski definition) is 1. The van der Waals surface area contributed by atoms with Gasteiger partial charge in [-0.05, 0) is 37.5 Å². The van der Waals surface area contributed by atoms with E-state index >= 15 is 0 Å². The van der Waals surface area contributed by atoms with Crippen LogP contribution in [0.4, 0.5) is 11.6 Å². The fraction of sp³-hybridized carbons (Fsp3) is 0.263. The minimum absolute atomic E-state index is 0.0828. The van der Waals surface area contributed by atoms with Gasteiger partial charge in [-0.2, -0.15) is 5.26 Å². The Morgan fingerprint density at radius 2 is 1.96 bits per heavy atom. The molecule has 1 N–H and O–H groups in total. The number of benzene rings is 1. The van der Waals surface area contributed by atoms with Crippen LogP contribution in [-0.2, 0) is 4.79 Å². The van der Waals surface area contributed by atoms with Gasteiger partial charge in [-0.3, -0.25) is 4.79 Å². The zero-order valence-corrected chi connectivity index (χ0v) is 15.5. The summed E-state index contributed by atoms with van der Waals surface area (Å²) in [5.74, 6) is 0.633. The standard InChI is InChI=1S/C19H17Cl2N3O2/c20-15-5-4-6-16(18(15)21)23-19(25)13(12-22)11-14-7-8-17(26-14)24-9-2-1-3-10-24/h4-8,11H,1-3,9-10H2,(H,23,25)/b13-11-. The van der Waals surface area contributed by atoms with Crippen LogP contribution in [-0.4, -0.2) is 19.0 Å². The van der Waals surface area contributed by atoms with Crippen molar-refractivity contribution in [2.24, 2.45) is 0 Å². The lowest BCUT2D eigenvalue weighted by Gasteiger charge is -2.25. The fourth-order valence-electron chi connectivity index (χ4n) is 2.78. The van der Waals surface area contributed by atoms with E-state index in [0.29, 0.717) is 16.5 Å². The number of carbonyl (C=O) groups is 1. The molecule has 2 heterocycles. The first kappa shape index (κ1) is 18.4. The largest absolute Gasteiger partial charge is 0.441 e. The molecule has 1 aromatic carbocycles. The van der Waals surface area contributed by atoms with Gasteiger partial charge in [0.1, 0.15) is 17.4 Å². The molecular weight excluding hydrogens is 373 g/mol. The quantitative estimate of drug-likeness (QED) is 0.581. The third kappa shape index (κ3) is 4.21. The van der Waals surface area contributed by atoms with Crippen LogP contribution in [0.1, 0.15) is 25.0 Å². The lowest BCUT2D eigenvalue weighted by atomic mass is 10.1. The van der Waals surface area contributed by atoms with E-state index in [9.17, 15) is 10.1 Å². The Bertz CT molecular complexity index is 877. The maximum atomic E-state index is 12.4. The Labute approximate surface area is 161 Å². The van der Waals surface area contributed by atoms with Gasteiger partial charge in [-0.15, -0.1) is 0 Å². The molecule has 0 radical (unpaired) electrons. The van der Waals surface area contributed by atoms with Crippen molar-refractivity contribution in [1.82, 2.24) is 0 Å². The first-order valence-corrected chi connectivity index (χ1v) is 9.06. The summed E-state index contributed by atoms with van der Waals surface area (Å²) < 4.78 is 5.77. The van der Waals surface area contributed by atoms with Gasteiger partial charge in [0.05, 0.1) is 15.7 Å². The van der Waals surface area contributed by atoms with E-state index < -0.39 is 5.91 Å². The highest BCUT2D eigenvalue weighted by molar-refractivity contribution is 6.44. The summed E-state index contributed by atoms with van der Waals surface area (Å²) in [5, 5.41) is 12.5. The van der Waals surface area contributed by atoms with Gasteiger partial charge < -0.3 is 14.6 Å². The van der Waals surface area contributed by atoms with Crippen molar-refractivity contribution in [2.75, 3.05) is 23.3 Å². The highest BCUT2D eigenvalue weighted by Gasteiger charge is 2.16. The first-order valence-electron chi connectivity index (χ1n) is 8.30. The van der Waals surface area contributed by atoms with Crippen LogP contribution in [0.15, 0.2) is 40.3 Å². The number of nitrogens with zero attached hydrogens (tertiary/aromatic N) is 2. The number of furan rings is 1. The van der Waals surface area contributed by atoms with Crippen molar-refractivity contribution in [3.05, 3.63) is 51.7 Å². The maximum absolute atomic E-state index is 12.4. The molecule has 1 aliphatic rings. The van der Waals surface area contributed by atoms with Crippen LogP contribution < -0.4 is 10.2 Å². The Balaban J connectivity index is 1.75. The molecule has 0 bridgehead atoms. The summed E-state index contributed by atoms with van der Waals surface area (Å²) in [4.78, 5) is 14.5. The average molecular weight is 390 g/mol. The van der Waals surface area contributed by atoms with E-state index in [-0.39, 0.29) is 10.6 Å². The summed E-state index contributed by atoms with van der Waals surface area (Å²) in [5.41, 5.74) is 0.263. The fourth-order valence-corrected chi connectivity index (χ4v) is 3.13. The second kappa shape index (κ2) is 8.31. The highest BCUT2D eigenvalue weighted by atomic mass is 35.5. The Morgan fingerprint density at radius 1 is 1.19 bits per heavy atom. The molecule has 0 unspecified atom stereocenters. The summed E-state index contributed by atoms with van der Waals surface area (Å²) >= 11 is 12.0. The molecule has 1 amide bonds. The number of amides is 1. The van der Waals surface area contributed by atoms with Gasteiger partial charge in [-0.25, -0.2) is 0 Å². The van der Waals surface area contributed by atoms with E-state index in [1.54, 1.807) is 24.3 Å². The van der Waals surface area contributed by atoms with Gasteiger partial charge >= 0.3 is 0 Å². The SMILES string of the molecule is N#C/C(=C/c1ccc(N2CCCCC2)o1)C(=O)Nc1cccc(Cl)c1Cl. The zero-order valence-electron chi connectivity index (χ0n) is 14.0. The van der Waals surface area contributed by atoms with Crippen LogP contribution in [0.5, 0.6) is 0 Å². The summed E-state index contributed by atoms with van der Waals surface area (Å²) in [6.45, 7) is 1.91. The van der Waals surface area contributed by atoms with Crippen LogP contribution in [0.25, 0.3) is 6.08 Å². The van der Waals surface area contributed by atoms with Gasteiger partial charge in [0.2, 0.25) is 0 Å². The topological polar surface area (TPSA) is 69.3 Å². The minimum Gasteiger partial charge on any atom is -0.441 e. The van der Waals surface area contributed by atoms with Crippen molar-refractivity contribution >= 4 is 46.8 Å². The van der Waals surface area contributed by atoms with Gasteiger partial charge in [0.15, 0.2) is 5.88 Å². The van der Waals surface area contributed by atoms with Crippen molar-refractivity contribution in [3.63, 3.8) is 0 Å². The van der Waals surface area contributed by atoms with Crippen molar-refractivity contribution in [2.45, 2.75) is 19.3 Å². The van der Waals surface area contributed by atoms with Gasteiger partial charge in [0.25, 0.3) is 5.91 Å². The molecule has 5 nitrogen and oxygen atoms in total. The first-order chi connectivity index (χ1) is 12.6. The third-order valence-corrected chi connectivity index (χ3v) is 4.95. The summed E-state index contributed by atoms with van der Waals surface area (Å²) in [7, 11) is 0. The van der Waals surface area contributed by atoms with E-state index in [1.807, 2.05) is 12.1 Å². The molecule has 1 aromatic heterocycles. The Hall–Kier alpha value is -2.42. The molecule has 0 saturated carbocycles. The smallest absolute Gasteiger partial charge is 0.266 e. The molecule has 1 saturated heterocycles. The molecule has 7 heteroatoms. The third-order valence-electron chi connectivity index (χ3n) is 4.13. The Kier molecular flexibility index (Phi) is 5.87. The van der Waals surface area contributed by atoms with Crippen LogP contribution in [0.3, 0.4) is 0 Å². The summed E-state index contributed by atoms with van der Waals surface area (Å²) in [6.07, 6.45) is 4.92. The van der Waals surface area contributed by atoms with Crippen molar-refractivity contribution in [1.29, 1.82) is 5.26 Å². The van der Waals surface area contributed by atoms with Crippen LogP contribution in [0.2, 0.25) is 10.0 Å². The minimum atomic E-state index is -0.576. The predicted molar refractivity (Wildman–Crippen MR) is 103 cm³/mol. The van der Waals surface area contributed by atoms with Gasteiger partial charge in [-0.1, -0.05) is 29.3 Å². The molecule has 3 rings (SSSR count). The Morgan fingerprint density at radius 3 is 2.69 bits per heavy atom. The zero-order chi connectivity index (χ0) is 18.5. The highest BCUT2D eigenvalue weighted by Crippen LogP contribution is 2.30. The summed E-state index contributed by atoms with van der Waals surface area (Å²) in [6, 6.07) is 10.4. The number of anilines is 2. The molecule has 0 atom stereocenters. The lowest BCUT2D eigenvalue weighted by Crippen LogP contribution is -2.28. The normalized spacial score (nSPS) is 14.8. The number of carbonyl (C=O) groups excluding carboxylic acids is 1. The molecule has 134 valence electrons. The van der Waals surface area contributed by atoms with Crippen LogP contribution in [0, 0.1) is 11.3 Å². The molecule has 1 fully saturated rings. The van der Waals surface area contributed by atoms with E-state index in [1.165, 1.54) is 12.5 Å². The average Bonchev–Trinajstić information content (AvgIpc) is 3.13. The molecule has 26 heavy (non-hydrogen) atoms. The number of nitrogens with one attached hydrogen (secondary N) is 1. The monoisotopic (exact) mass is 389 g/mol. The maximum Gasteiger partial charge on any atom is 0.266 e. The number of nitriles is 1. The van der Waals surface area contributed by atoms with Crippen molar-refractivity contribution < 1.29 is 9.21 Å². The van der Waals surface area contributed by atoms with E-state index in [4.69, 9.17) is 27.6 Å². The number of halogens is 2. The number of hydrogen-bond acceptors (Lipinski definition) is 4. The lowest BCUT2D eigenvalue weighted by molar-refractivity contribution is -0.112. The molecule has 2 aromatic rings. The number of rotatable bonds is 4. The van der Waals surface area contributed by atoms with E-state index in [0.717, 1.165) is 31.8 Å².